The summed E-state index contributed by atoms with van der Waals surface area (Å²) >= 11 is 8.21. The van der Waals surface area contributed by atoms with Gasteiger partial charge in [0, 0.05) is 64.7 Å². The highest BCUT2D eigenvalue weighted by atomic mass is 35.5. The van der Waals surface area contributed by atoms with Crippen molar-refractivity contribution in [2.75, 3.05) is 65.8 Å². The zero-order valence-corrected chi connectivity index (χ0v) is 41.5. The molecule has 3 heterocycles. The molecule has 20 heteroatoms. The van der Waals surface area contributed by atoms with Crippen LogP contribution in [0.15, 0.2) is 35.9 Å². The zero-order chi connectivity index (χ0) is 49.3. The number of fused-ring (bicyclic) bond motifs is 5. The number of carbonyl (C=O) groups is 6. The van der Waals surface area contributed by atoms with Crippen LogP contribution in [0.2, 0.25) is 5.02 Å². The summed E-state index contributed by atoms with van der Waals surface area (Å²) in [5.74, 6) is -2.22. The summed E-state index contributed by atoms with van der Waals surface area (Å²) in [6, 6.07) is 2.48. The number of primary amides is 1. The van der Waals surface area contributed by atoms with E-state index in [4.69, 9.17) is 45.8 Å². The first-order valence-corrected chi connectivity index (χ1v) is 23.3. The third-order valence-electron chi connectivity index (χ3n) is 12.5. The Labute approximate surface area is 397 Å². The van der Waals surface area contributed by atoms with Gasteiger partial charge < -0.3 is 54.0 Å². The SMILES string of the molecule is COc1cc2cc(c1Cl)N(C)C(=O)C[C@H](OC(=O)[C@H](C)N(C)C(=O)CCC(C)(C)SCC(=O)N(C)CCOCCC(N)=O)[C@]1(C)O[C@H]1[C@H](C)[C@@H]1C[C@@](O)(NC(=O)O1)[C@H](OC)/C=C/C=C(\C)C2. The summed E-state index contributed by atoms with van der Waals surface area (Å²) in [5, 5.41) is 14.5. The highest BCUT2D eigenvalue weighted by molar-refractivity contribution is 8.01. The number of carbonyl (C=O) groups excluding carboxylic acids is 6. The number of nitrogens with zero attached hydrogens (tertiary/aromatic N) is 3. The van der Waals surface area contributed by atoms with Gasteiger partial charge in [0.05, 0.1) is 44.3 Å². The third kappa shape index (κ3) is 14.1. The normalized spacial score (nSPS) is 27.5. The van der Waals surface area contributed by atoms with E-state index in [9.17, 15) is 33.9 Å². The van der Waals surface area contributed by atoms with E-state index < -0.39 is 76.3 Å². The molecule has 66 heavy (non-hydrogen) atoms. The minimum absolute atomic E-state index is 0.0681. The van der Waals surface area contributed by atoms with E-state index in [0.29, 0.717) is 30.8 Å². The number of benzene rings is 1. The van der Waals surface area contributed by atoms with Crippen LogP contribution in [0.4, 0.5) is 10.5 Å². The highest BCUT2D eigenvalue weighted by Gasteiger charge is 2.64. The molecule has 0 spiro atoms. The van der Waals surface area contributed by atoms with Crippen LogP contribution in [-0.2, 0) is 54.1 Å². The molecule has 1 aromatic carbocycles. The monoisotopic (exact) mass is 965 g/mol. The van der Waals surface area contributed by atoms with Crippen LogP contribution in [0.25, 0.3) is 0 Å². The number of methoxy groups -OCH3 is 2. The van der Waals surface area contributed by atoms with Crippen LogP contribution in [0.5, 0.6) is 5.75 Å². The minimum Gasteiger partial charge on any atom is -0.495 e. The number of amides is 5. The number of halogens is 1. The van der Waals surface area contributed by atoms with Crippen LogP contribution in [0, 0.1) is 5.92 Å². The quantitative estimate of drug-likeness (QED) is 0.113. The van der Waals surface area contributed by atoms with E-state index in [0.717, 1.165) is 11.1 Å². The number of nitrogens with two attached hydrogens (primary N) is 1. The number of nitrogens with one attached hydrogen (secondary N) is 1. The second-order valence-corrected chi connectivity index (χ2v) is 20.2. The van der Waals surface area contributed by atoms with Gasteiger partial charge in [0.2, 0.25) is 23.6 Å². The summed E-state index contributed by atoms with van der Waals surface area (Å²) in [6.45, 7) is 11.6. The van der Waals surface area contributed by atoms with Crippen molar-refractivity contribution in [2.45, 2.75) is 127 Å². The van der Waals surface area contributed by atoms with E-state index in [-0.39, 0.29) is 61.5 Å². The van der Waals surface area contributed by atoms with Crippen LogP contribution >= 0.6 is 23.4 Å². The van der Waals surface area contributed by atoms with Gasteiger partial charge in [-0.2, -0.15) is 0 Å². The lowest BCUT2D eigenvalue weighted by Crippen LogP contribution is -2.63. The van der Waals surface area contributed by atoms with Crippen LogP contribution in [0.1, 0.15) is 79.2 Å². The highest BCUT2D eigenvalue weighted by Crippen LogP contribution is 2.49. The number of esters is 1. The number of alkyl carbamates (subject to hydrolysis) is 1. The number of epoxide rings is 1. The van der Waals surface area contributed by atoms with Gasteiger partial charge in [-0.05, 0) is 51.3 Å². The fourth-order valence-electron chi connectivity index (χ4n) is 7.84. The molecule has 0 saturated carbocycles. The summed E-state index contributed by atoms with van der Waals surface area (Å²) < 4.78 is 34.3. The molecular weight excluding hydrogens is 898 g/mol. The van der Waals surface area contributed by atoms with Gasteiger partial charge in [-0.3, -0.25) is 24.5 Å². The minimum atomic E-state index is -1.86. The van der Waals surface area contributed by atoms with Crippen molar-refractivity contribution in [1.29, 1.82) is 0 Å². The van der Waals surface area contributed by atoms with Gasteiger partial charge in [0.25, 0.3) is 0 Å². The maximum Gasteiger partial charge on any atom is 0.409 e. The Morgan fingerprint density at radius 3 is 2.48 bits per heavy atom. The van der Waals surface area contributed by atoms with E-state index in [1.165, 1.54) is 54.7 Å². The summed E-state index contributed by atoms with van der Waals surface area (Å²) in [4.78, 5) is 82.8. The summed E-state index contributed by atoms with van der Waals surface area (Å²) in [5.41, 5.74) is 4.04. The Bertz CT molecular complexity index is 2020. The third-order valence-corrected chi connectivity index (χ3v) is 14.3. The molecule has 2 fully saturated rings. The second-order valence-electron chi connectivity index (χ2n) is 18.1. The molecule has 0 aliphatic carbocycles. The van der Waals surface area contributed by atoms with Gasteiger partial charge in [-0.25, -0.2) is 9.59 Å². The lowest BCUT2D eigenvalue weighted by molar-refractivity contribution is -0.162. The lowest BCUT2D eigenvalue weighted by atomic mass is 9.83. The van der Waals surface area contributed by atoms with E-state index in [1.807, 2.05) is 26.8 Å². The fraction of sp³-hybridized carbons (Fsp3) is 0.652. The predicted molar refractivity (Wildman–Crippen MR) is 249 cm³/mol. The smallest absolute Gasteiger partial charge is 0.409 e. The van der Waals surface area contributed by atoms with Gasteiger partial charge >= 0.3 is 12.1 Å². The van der Waals surface area contributed by atoms with Crippen molar-refractivity contribution in [3.63, 3.8) is 0 Å². The second kappa shape index (κ2) is 23.1. The molecule has 0 radical (unpaired) electrons. The predicted octanol–water partition coefficient (Wildman–Crippen LogP) is 4.16. The van der Waals surface area contributed by atoms with Gasteiger partial charge in [0.15, 0.2) is 5.72 Å². The van der Waals surface area contributed by atoms with Crippen molar-refractivity contribution in [2.24, 2.45) is 11.7 Å². The molecule has 3 aliphatic heterocycles. The maximum atomic E-state index is 14.3. The van der Waals surface area contributed by atoms with Gasteiger partial charge in [-0.15, -0.1) is 11.8 Å². The number of anilines is 1. The molecule has 3 aliphatic rings. The fourth-order valence-corrected chi connectivity index (χ4v) is 9.14. The van der Waals surface area contributed by atoms with Crippen molar-refractivity contribution in [3.05, 3.63) is 46.5 Å². The Kier molecular flexibility index (Phi) is 18.9. The van der Waals surface area contributed by atoms with Crippen LogP contribution in [0.3, 0.4) is 0 Å². The van der Waals surface area contributed by atoms with E-state index in [1.54, 1.807) is 52.2 Å². The number of ether oxygens (including phenoxy) is 6. The Hall–Kier alpha value is -4.40. The van der Waals surface area contributed by atoms with Gasteiger partial charge in [0.1, 0.15) is 40.7 Å². The number of rotatable bonds is 17. The Morgan fingerprint density at radius 1 is 1.14 bits per heavy atom. The van der Waals surface area contributed by atoms with E-state index >= 15 is 0 Å². The average molecular weight is 967 g/mol. The van der Waals surface area contributed by atoms with Crippen LogP contribution < -0.4 is 20.7 Å². The first-order valence-electron chi connectivity index (χ1n) is 21.9. The molecule has 4 rings (SSSR count). The number of allylic oxidation sites excluding steroid dienone is 3. The molecule has 368 valence electrons. The Morgan fingerprint density at radius 2 is 1.83 bits per heavy atom. The van der Waals surface area contributed by atoms with Crippen molar-refractivity contribution in [1.82, 2.24) is 15.1 Å². The molecule has 1 aromatic rings. The molecule has 8 atom stereocenters. The van der Waals surface area contributed by atoms with E-state index in [2.05, 4.69) is 5.32 Å². The first kappa shape index (κ1) is 54.2. The summed E-state index contributed by atoms with van der Waals surface area (Å²) in [6.07, 6.45) is 1.15. The topological polar surface area (TPSA) is 229 Å². The zero-order valence-electron chi connectivity index (χ0n) is 40.0. The average Bonchev–Trinajstić information content (AvgIpc) is 3.96. The largest absolute Gasteiger partial charge is 0.495 e. The molecule has 2 saturated heterocycles. The molecular formula is C46H68ClN5O13S. The van der Waals surface area contributed by atoms with Gasteiger partial charge in [-0.1, -0.05) is 56.2 Å². The van der Waals surface area contributed by atoms with Crippen LogP contribution in [-0.4, -0.2) is 158 Å². The summed E-state index contributed by atoms with van der Waals surface area (Å²) in [7, 11) is 7.62. The molecule has 18 nitrogen and oxygen atoms in total. The Balaban J connectivity index is 1.53. The molecule has 0 aromatic heterocycles. The van der Waals surface area contributed by atoms with Crippen molar-refractivity contribution in [3.8, 4) is 5.75 Å². The van der Waals surface area contributed by atoms with Crippen molar-refractivity contribution < 1.29 is 62.3 Å². The first-order chi connectivity index (χ1) is 30.9. The molecule has 5 amide bonds. The standard InChI is InChI=1S/C46H68ClN5O13S/c1-27-13-12-14-34(61-11)46(59)25-33(63-43(58)49-46)28(2)41-45(6,65-41)35(24-38(55)52(9)31-22-30(21-27)23-32(60-10)40(31)47)64-42(57)29(3)51(8)37(54)15-17-44(4,5)66-26-39(56)50(7)18-20-62-19-16-36(48)53/h12-14,22-23,28-29,33-35,41,59H,15-21,24-26H2,1-11H3,(H2,48,53)(H,49,58)/b14-12+,27-13+/t28-,29+,33+,34-,35+,41+,45+,46+/m1/s1. The lowest BCUT2D eigenvalue weighted by Gasteiger charge is -2.42. The number of likely N-dealkylation sites (N-methyl/N-ethyl adjacent to an activating group) is 2. The molecule has 0 unspecified atom stereocenters. The molecule has 4 N–H and O–H groups in total. The number of thioether (sulfide) groups is 1. The maximum absolute atomic E-state index is 14.3. The molecule has 4 bridgehead atoms. The number of aliphatic hydroxyl groups is 1. The number of hydrogen-bond acceptors (Lipinski definition) is 14. The number of hydrogen-bond donors (Lipinski definition) is 3. The van der Waals surface area contributed by atoms with Crippen molar-refractivity contribution >= 4 is 64.7 Å².